The average molecular weight is 304 g/mol. The molecule has 120 valence electrons. The standard InChI is InChI=1S/C17H24N2O3/c1-11(2)13-5-7-14(8-6-13)19-10-15(22-17(19)21)9-18-16(20)12(3)4/h5-8,11-12,15H,9-10H2,1-4H3,(H,18,20). The van der Waals surface area contributed by atoms with E-state index >= 15 is 0 Å². The fourth-order valence-corrected chi connectivity index (χ4v) is 2.30. The Hall–Kier alpha value is -2.04. The van der Waals surface area contributed by atoms with Gasteiger partial charge in [-0.1, -0.05) is 39.8 Å². The van der Waals surface area contributed by atoms with E-state index < -0.39 is 0 Å². The van der Waals surface area contributed by atoms with Crippen molar-refractivity contribution in [2.24, 2.45) is 5.92 Å². The van der Waals surface area contributed by atoms with Crippen LogP contribution in [0.4, 0.5) is 10.5 Å². The fraction of sp³-hybridized carbons (Fsp3) is 0.529. The van der Waals surface area contributed by atoms with Crippen LogP contribution in [0.3, 0.4) is 0 Å². The maximum atomic E-state index is 12.0. The van der Waals surface area contributed by atoms with Gasteiger partial charge in [-0.3, -0.25) is 9.69 Å². The van der Waals surface area contributed by atoms with Crippen molar-refractivity contribution >= 4 is 17.7 Å². The molecule has 0 radical (unpaired) electrons. The predicted octanol–water partition coefficient (Wildman–Crippen LogP) is 2.91. The molecule has 1 fully saturated rings. The Kier molecular flexibility index (Phi) is 5.06. The smallest absolute Gasteiger partial charge is 0.414 e. The van der Waals surface area contributed by atoms with E-state index in [1.165, 1.54) is 5.56 Å². The molecule has 22 heavy (non-hydrogen) atoms. The number of amides is 2. The Bertz CT molecular complexity index is 537. The number of nitrogens with zero attached hydrogens (tertiary/aromatic N) is 1. The van der Waals surface area contributed by atoms with E-state index in [0.29, 0.717) is 19.0 Å². The molecule has 1 saturated heterocycles. The van der Waals surface area contributed by atoms with E-state index in [1.54, 1.807) is 4.90 Å². The number of nitrogens with one attached hydrogen (secondary N) is 1. The zero-order chi connectivity index (χ0) is 16.3. The number of cyclic esters (lactones) is 1. The lowest BCUT2D eigenvalue weighted by atomic mass is 10.0. The molecule has 1 heterocycles. The Morgan fingerprint density at radius 3 is 2.45 bits per heavy atom. The summed E-state index contributed by atoms with van der Waals surface area (Å²) in [5.74, 6) is 0.353. The summed E-state index contributed by atoms with van der Waals surface area (Å²) in [5.41, 5.74) is 2.06. The van der Waals surface area contributed by atoms with Gasteiger partial charge in [0, 0.05) is 11.6 Å². The molecule has 1 N–H and O–H groups in total. The zero-order valence-electron chi connectivity index (χ0n) is 13.6. The second kappa shape index (κ2) is 6.81. The number of benzene rings is 1. The van der Waals surface area contributed by atoms with Crippen molar-refractivity contribution in [2.75, 3.05) is 18.0 Å². The van der Waals surface area contributed by atoms with Crippen LogP contribution in [-0.4, -0.2) is 31.2 Å². The molecule has 1 unspecified atom stereocenters. The van der Waals surface area contributed by atoms with E-state index in [1.807, 2.05) is 38.1 Å². The minimum atomic E-state index is -0.360. The van der Waals surface area contributed by atoms with Gasteiger partial charge in [0.2, 0.25) is 5.91 Å². The van der Waals surface area contributed by atoms with Crippen LogP contribution >= 0.6 is 0 Å². The molecule has 0 aliphatic carbocycles. The number of hydrogen-bond donors (Lipinski definition) is 1. The van der Waals surface area contributed by atoms with Crippen LogP contribution in [0.15, 0.2) is 24.3 Å². The summed E-state index contributed by atoms with van der Waals surface area (Å²) in [4.78, 5) is 25.1. The lowest BCUT2D eigenvalue weighted by Crippen LogP contribution is -2.36. The van der Waals surface area contributed by atoms with Crippen molar-refractivity contribution in [1.82, 2.24) is 5.32 Å². The maximum absolute atomic E-state index is 12.0. The van der Waals surface area contributed by atoms with Gasteiger partial charge in [-0.2, -0.15) is 0 Å². The zero-order valence-corrected chi connectivity index (χ0v) is 13.6. The van der Waals surface area contributed by atoms with E-state index in [0.717, 1.165) is 5.69 Å². The molecular formula is C17H24N2O3. The molecule has 2 amide bonds. The average Bonchev–Trinajstić information content (AvgIpc) is 2.85. The molecule has 1 atom stereocenters. The third kappa shape index (κ3) is 3.78. The molecule has 0 bridgehead atoms. The quantitative estimate of drug-likeness (QED) is 0.910. The molecule has 5 nitrogen and oxygen atoms in total. The van der Waals surface area contributed by atoms with Crippen LogP contribution in [0, 0.1) is 5.92 Å². The lowest BCUT2D eigenvalue weighted by Gasteiger charge is -2.14. The number of hydrogen-bond acceptors (Lipinski definition) is 3. The summed E-state index contributed by atoms with van der Waals surface area (Å²) >= 11 is 0. The molecule has 5 heteroatoms. The van der Waals surface area contributed by atoms with Crippen LogP contribution in [0.5, 0.6) is 0 Å². The maximum Gasteiger partial charge on any atom is 0.414 e. The van der Waals surface area contributed by atoms with Crippen LogP contribution in [0.2, 0.25) is 0 Å². The first kappa shape index (κ1) is 16.3. The Balaban J connectivity index is 1.96. The van der Waals surface area contributed by atoms with E-state index in [2.05, 4.69) is 19.2 Å². The van der Waals surface area contributed by atoms with Crippen molar-refractivity contribution in [2.45, 2.75) is 39.7 Å². The number of carbonyl (C=O) groups excluding carboxylic acids is 2. The molecule has 0 saturated carbocycles. The summed E-state index contributed by atoms with van der Waals surface area (Å²) in [5, 5.41) is 2.80. The van der Waals surface area contributed by atoms with E-state index in [-0.39, 0.29) is 24.0 Å². The monoisotopic (exact) mass is 304 g/mol. The Labute approximate surface area is 131 Å². The SMILES string of the molecule is CC(C)C(=O)NCC1CN(c2ccc(C(C)C)cc2)C(=O)O1. The summed E-state index contributed by atoms with van der Waals surface area (Å²) in [6.45, 7) is 8.73. The highest BCUT2D eigenvalue weighted by atomic mass is 16.6. The summed E-state index contributed by atoms with van der Waals surface area (Å²) in [6.07, 6.45) is -0.666. The molecular weight excluding hydrogens is 280 g/mol. The van der Waals surface area contributed by atoms with Gasteiger partial charge in [0.15, 0.2) is 0 Å². The van der Waals surface area contributed by atoms with Gasteiger partial charge in [-0.25, -0.2) is 4.79 Å². The van der Waals surface area contributed by atoms with Crippen LogP contribution < -0.4 is 10.2 Å². The molecule has 1 aromatic rings. The van der Waals surface area contributed by atoms with Gasteiger partial charge >= 0.3 is 6.09 Å². The molecule has 2 rings (SSSR count). The van der Waals surface area contributed by atoms with E-state index in [9.17, 15) is 9.59 Å². The number of ether oxygens (including phenoxy) is 1. The number of anilines is 1. The highest BCUT2D eigenvalue weighted by Crippen LogP contribution is 2.24. The fourth-order valence-electron chi connectivity index (χ4n) is 2.30. The number of carbonyl (C=O) groups is 2. The minimum absolute atomic E-state index is 0.0317. The minimum Gasteiger partial charge on any atom is -0.442 e. The Morgan fingerprint density at radius 2 is 1.91 bits per heavy atom. The van der Waals surface area contributed by atoms with Gasteiger partial charge in [0.1, 0.15) is 6.10 Å². The third-order valence-corrected chi connectivity index (χ3v) is 3.77. The lowest BCUT2D eigenvalue weighted by molar-refractivity contribution is -0.124. The topological polar surface area (TPSA) is 58.6 Å². The van der Waals surface area contributed by atoms with Crippen molar-refractivity contribution in [3.8, 4) is 0 Å². The van der Waals surface area contributed by atoms with Crippen LogP contribution in [0.25, 0.3) is 0 Å². The highest BCUT2D eigenvalue weighted by Gasteiger charge is 2.32. The number of rotatable bonds is 5. The van der Waals surface area contributed by atoms with Crippen molar-refractivity contribution in [3.05, 3.63) is 29.8 Å². The first-order valence-electron chi connectivity index (χ1n) is 7.74. The first-order valence-corrected chi connectivity index (χ1v) is 7.74. The second-order valence-electron chi connectivity index (χ2n) is 6.26. The molecule has 0 spiro atoms. The van der Waals surface area contributed by atoms with Gasteiger partial charge in [-0.15, -0.1) is 0 Å². The molecule has 1 aliphatic heterocycles. The second-order valence-corrected chi connectivity index (χ2v) is 6.26. The van der Waals surface area contributed by atoms with Crippen molar-refractivity contribution in [3.63, 3.8) is 0 Å². The van der Waals surface area contributed by atoms with Gasteiger partial charge in [-0.05, 0) is 23.6 Å². The molecule has 1 aromatic carbocycles. The largest absolute Gasteiger partial charge is 0.442 e. The van der Waals surface area contributed by atoms with Crippen molar-refractivity contribution < 1.29 is 14.3 Å². The van der Waals surface area contributed by atoms with Gasteiger partial charge in [0.25, 0.3) is 0 Å². The molecule has 1 aliphatic rings. The van der Waals surface area contributed by atoms with Gasteiger partial charge < -0.3 is 10.1 Å². The highest BCUT2D eigenvalue weighted by molar-refractivity contribution is 5.89. The van der Waals surface area contributed by atoms with Gasteiger partial charge in [0.05, 0.1) is 13.1 Å². The molecule has 0 aromatic heterocycles. The summed E-state index contributed by atoms with van der Waals surface area (Å²) in [6, 6.07) is 7.93. The normalized spacial score (nSPS) is 18.0. The summed E-state index contributed by atoms with van der Waals surface area (Å²) in [7, 11) is 0. The Morgan fingerprint density at radius 1 is 1.27 bits per heavy atom. The van der Waals surface area contributed by atoms with Crippen LogP contribution in [0.1, 0.15) is 39.2 Å². The van der Waals surface area contributed by atoms with Crippen LogP contribution in [-0.2, 0) is 9.53 Å². The third-order valence-electron chi connectivity index (χ3n) is 3.77. The predicted molar refractivity (Wildman–Crippen MR) is 86.0 cm³/mol. The van der Waals surface area contributed by atoms with E-state index in [4.69, 9.17) is 4.74 Å². The first-order chi connectivity index (χ1) is 10.4. The summed E-state index contributed by atoms with van der Waals surface area (Å²) < 4.78 is 5.31. The van der Waals surface area contributed by atoms with Crippen molar-refractivity contribution in [1.29, 1.82) is 0 Å².